The zero-order valence-corrected chi connectivity index (χ0v) is 27.6. The zero-order valence-electron chi connectivity index (χ0n) is 25.3. The van der Waals surface area contributed by atoms with Crippen LogP contribution in [0.1, 0.15) is 57.1 Å². The van der Waals surface area contributed by atoms with E-state index >= 15 is 0 Å². The Bertz CT molecular complexity index is 1560. The van der Waals surface area contributed by atoms with Crippen LogP contribution in [-0.2, 0) is 26.2 Å². The number of nitrogens with zero attached hydrogens (tertiary/aromatic N) is 2. The highest BCUT2D eigenvalue weighted by molar-refractivity contribution is 7.92. The Balaban J connectivity index is 1.73. The molecule has 2 amide bonds. The van der Waals surface area contributed by atoms with Crippen LogP contribution in [0.3, 0.4) is 0 Å². The Hall–Kier alpha value is -3.27. The number of amides is 2. The van der Waals surface area contributed by atoms with Gasteiger partial charge in [-0.05, 0) is 75.6 Å². The summed E-state index contributed by atoms with van der Waals surface area (Å²) >= 11 is 12.4. The monoisotopic (exact) mass is 659 g/mol. The third kappa shape index (κ3) is 8.25. The van der Waals surface area contributed by atoms with E-state index in [0.717, 1.165) is 42.0 Å². The minimum atomic E-state index is -4.23. The van der Waals surface area contributed by atoms with Crippen LogP contribution in [0.4, 0.5) is 5.69 Å². The zero-order chi connectivity index (χ0) is 31.9. The largest absolute Gasteiger partial charge is 0.492 e. The molecule has 0 aliphatic heterocycles. The van der Waals surface area contributed by atoms with Crippen LogP contribution >= 0.6 is 23.2 Å². The van der Waals surface area contributed by atoms with Gasteiger partial charge in [-0.2, -0.15) is 0 Å². The second-order valence-electron chi connectivity index (χ2n) is 11.0. The standard InChI is InChI=1S/C33H39Cl2N3O5S/c1-4-43-31-13-9-8-12-30(31)38(44(41,42)27-17-14-23(2)15-18-27)22-32(39)37(21-25-16-19-28(34)29(35)20-25)24(3)33(40)36-26-10-6-5-7-11-26/h8-9,12-20,24,26H,4-7,10-11,21-22H2,1-3H3,(H,36,40)/t24-/m0/s1. The van der Waals surface area contributed by atoms with E-state index in [1.54, 1.807) is 68.4 Å². The number of carbonyl (C=O) groups is 2. The molecule has 0 saturated heterocycles. The van der Waals surface area contributed by atoms with Crippen LogP contribution in [0.5, 0.6) is 5.75 Å². The molecule has 1 atom stereocenters. The number of anilines is 1. The van der Waals surface area contributed by atoms with Crippen molar-refractivity contribution in [3.8, 4) is 5.75 Å². The number of hydrogen-bond acceptors (Lipinski definition) is 5. The third-order valence-electron chi connectivity index (χ3n) is 7.78. The van der Waals surface area contributed by atoms with Crippen molar-refractivity contribution in [1.29, 1.82) is 0 Å². The smallest absolute Gasteiger partial charge is 0.264 e. The van der Waals surface area contributed by atoms with Crippen molar-refractivity contribution in [3.05, 3.63) is 87.9 Å². The Morgan fingerprint density at radius 3 is 2.32 bits per heavy atom. The summed E-state index contributed by atoms with van der Waals surface area (Å²) in [5.41, 5.74) is 1.76. The highest BCUT2D eigenvalue weighted by Crippen LogP contribution is 2.33. The molecule has 0 unspecified atom stereocenters. The number of nitrogens with one attached hydrogen (secondary N) is 1. The molecule has 44 heavy (non-hydrogen) atoms. The fraction of sp³-hybridized carbons (Fsp3) is 0.394. The van der Waals surface area contributed by atoms with Crippen molar-refractivity contribution in [2.45, 2.75) is 76.4 Å². The number of carbonyl (C=O) groups excluding carboxylic acids is 2. The number of rotatable bonds is 12. The molecule has 1 N–H and O–H groups in total. The number of hydrogen-bond donors (Lipinski definition) is 1. The van der Waals surface area contributed by atoms with Crippen LogP contribution in [0.2, 0.25) is 10.0 Å². The molecular formula is C33H39Cl2N3O5S. The average Bonchev–Trinajstić information content (AvgIpc) is 3.01. The Labute approximate surface area is 270 Å². The molecule has 236 valence electrons. The van der Waals surface area contributed by atoms with Gasteiger partial charge in [0.25, 0.3) is 10.0 Å². The van der Waals surface area contributed by atoms with E-state index in [2.05, 4.69) is 5.32 Å². The van der Waals surface area contributed by atoms with Crippen LogP contribution in [0.15, 0.2) is 71.6 Å². The van der Waals surface area contributed by atoms with Crippen molar-refractivity contribution in [2.24, 2.45) is 0 Å². The van der Waals surface area contributed by atoms with Gasteiger partial charge in [0, 0.05) is 12.6 Å². The van der Waals surface area contributed by atoms with Gasteiger partial charge in [-0.3, -0.25) is 13.9 Å². The molecule has 1 aliphatic carbocycles. The molecule has 0 aromatic heterocycles. The summed E-state index contributed by atoms with van der Waals surface area (Å²) in [5, 5.41) is 3.77. The van der Waals surface area contributed by atoms with Crippen molar-refractivity contribution >= 4 is 50.7 Å². The molecule has 0 heterocycles. The summed E-state index contributed by atoms with van der Waals surface area (Å²) < 4.78 is 35.1. The van der Waals surface area contributed by atoms with Crippen molar-refractivity contribution in [3.63, 3.8) is 0 Å². The molecule has 1 aliphatic rings. The first-order chi connectivity index (χ1) is 21.0. The summed E-state index contributed by atoms with van der Waals surface area (Å²) in [7, 11) is -4.23. The number of sulfonamides is 1. The first kappa shape index (κ1) is 33.6. The Kier molecular flexibility index (Phi) is 11.6. The molecule has 0 spiro atoms. The van der Waals surface area contributed by atoms with E-state index in [0.29, 0.717) is 28.0 Å². The molecule has 0 bridgehead atoms. The fourth-order valence-corrected chi connectivity index (χ4v) is 7.02. The highest BCUT2D eigenvalue weighted by Gasteiger charge is 2.34. The Morgan fingerprint density at radius 1 is 0.977 bits per heavy atom. The molecule has 4 rings (SSSR count). The molecule has 11 heteroatoms. The second-order valence-corrected chi connectivity index (χ2v) is 13.7. The van der Waals surface area contributed by atoms with Gasteiger partial charge >= 0.3 is 0 Å². The van der Waals surface area contributed by atoms with Crippen LogP contribution in [0.25, 0.3) is 0 Å². The van der Waals surface area contributed by atoms with Crippen LogP contribution < -0.4 is 14.4 Å². The lowest BCUT2D eigenvalue weighted by molar-refractivity contribution is -0.139. The van der Waals surface area contributed by atoms with Gasteiger partial charge in [-0.1, -0.05) is 78.4 Å². The molecule has 0 radical (unpaired) electrons. The lowest BCUT2D eigenvalue weighted by atomic mass is 9.95. The van der Waals surface area contributed by atoms with Crippen molar-refractivity contribution < 1.29 is 22.7 Å². The molecule has 3 aromatic carbocycles. The predicted molar refractivity (Wildman–Crippen MR) is 175 cm³/mol. The summed E-state index contributed by atoms with van der Waals surface area (Å²) in [6.07, 6.45) is 4.98. The van der Waals surface area contributed by atoms with Crippen molar-refractivity contribution in [1.82, 2.24) is 10.2 Å². The number of para-hydroxylation sites is 2. The summed E-state index contributed by atoms with van der Waals surface area (Å²) in [6.45, 7) is 5.06. The third-order valence-corrected chi connectivity index (χ3v) is 10.3. The fourth-order valence-electron chi connectivity index (χ4n) is 5.28. The maximum absolute atomic E-state index is 14.3. The quantitative estimate of drug-likeness (QED) is 0.232. The summed E-state index contributed by atoms with van der Waals surface area (Å²) in [6, 6.07) is 17.3. The number of ether oxygens (including phenoxy) is 1. The van der Waals surface area contributed by atoms with Gasteiger partial charge in [0.1, 0.15) is 18.3 Å². The lowest BCUT2D eigenvalue weighted by Crippen LogP contribution is -2.53. The SMILES string of the molecule is CCOc1ccccc1N(CC(=O)N(Cc1ccc(Cl)c(Cl)c1)[C@@H](C)C(=O)NC1CCCCC1)S(=O)(=O)c1ccc(C)cc1. The van der Waals surface area contributed by atoms with Gasteiger partial charge in [0.15, 0.2) is 0 Å². The van der Waals surface area contributed by atoms with Gasteiger partial charge in [0.05, 0.1) is 27.2 Å². The summed E-state index contributed by atoms with van der Waals surface area (Å²) in [4.78, 5) is 29.2. The van der Waals surface area contributed by atoms with Crippen LogP contribution in [0, 0.1) is 6.92 Å². The molecule has 3 aromatic rings. The van der Waals surface area contributed by atoms with Gasteiger partial charge in [-0.25, -0.2) is 8.42 Å². The van der Waals surface area contributed by atoms with E-state index in [4.69, 9.17) is 27.9 Å². The molecule has 1 saturated carbocycles. The number of aryl methyl sites for hydroxylation is 1. The van der Waals surface area contributed by atoms with E-state index in [9.17, 15) is 18.0 Å². The maximum Gasteiger partial charge on any atom is 0.264 e. The first-order valence-corrected chi connectivity index (χ1v) is 17.1. The predicted octanol–water partition coefficient (Wildman–Crippen LogP) is 6.76. The lowest BCUT2D eigenvalue weighted by Gasteiger charge is -2.33. The Morgan fingerprint density at radius 2 is 1.66 bits per heavy atom. The van der Waals surface area contributed by atoms with E-state index in [-0.39, 0.29) is 29.1 Å². The van der Waals surface area contributed by atoms with Gasteiger partial charge in [0.2, 0.25) is 11.8 Å². The minimum Gasteiger partial charge on any atom is -0.492 e. The van der Waals surface area contributed by atoms with Gasteiger partial charge < -0.3 is 15.0 Å². The number of benzene rings is 3. The van der Waals surface area contributed by atoms with Crippen LogP contribution in [-0.4, -0.2) is 50.4 Å². The molecule has 8 nitrogen and oxygen atoms in total. The molecule has 1 fully saturated rings. The minimum absolute atomic E-state index is 0.0144. The maximum atomic E-state index is 14.3. The van der Waals surface area contributed by atoms with Gasteiger partial charge in [-0.15, -0.1) is 0 Å². The second kappa shape index (κ2) is 15.1. The highest BCUT2D eigenvalue weighted by atomic mass is 35.5. The molecular weight excluding hydrogens is 621 g/mol. The number of halogens is 2. The van der Waals surface area contributed by atoms with E-state index in [1.165, 1.54) is 17.0 Å². The average molecular weight is 661 g/mol. The van der Waals surface area contributed by atoms with Crippen molar-refractivity contribution in [2.75, 3.05) is 17.5 Å². The first-order valence-electron chi connectivity index (χ1n) is 14.9. The normalized spacial score (nSPS) is 14.5. The topological polar surface area (TPSA) is 96.0 Å². The van der Waals surface area contributed by atoms with E-state index < -0.39 is 28.5 Å². The summed E-state index contributed by atoms with van der Waals surface area (Å²) in [5.74, 6) is -0.546. The van der Waals surface area contributed by atoms with E-state index in [1.807, 2.05) is 6.92 Å².